The van der Waals surface area contributed by atoms with Gasteiger partial charge in [0.2, 0.25) is 5.91 Å². The van der Waals surface area contributed by atoms with E-state index in [-0.39, 0.29) is 30.0 Å². The minimum absolute atomic E-state index is 0.0270. The Balaban J connectivity index is 1.53. The number of phenols is 1. The molecule has 0 aliphatic carbocycles. The second-order valence-corrected chi connectivity index (χ2v) is 6.31. The van der Waals surface area contributed by atoms with Crippen molar-refractivity contribution in [2.75, 3.05) is 20.2 Å². The van der Waals surface area contributed by atoms with Crippen molar-refractivity contribution >= 4 is 18.0 Å². The van der Waals surface area contributed by atoms with Crippen LogP contribution in [0.4, 0.5) is 0 Å². The van der Waals surface area contributed by atoms with Crippen LogP contribution < -0.4 is 10.2 Å². The molecule has 140 valence electrons. The van der Waals surface area contributed by atoms with Crippen LogP contribution in [0, 0.1) is 0 Å². The SMILES string of the molecule is COc1cc(/C=N\NC(=O)CN2C[C@H](c3ccccc3)CC2=O)ccc1O. The molecule has 0 unspecified atom stereocenters. The second-order valence-electron chi connectivity index (χ2n) is 6.31. The molecule has 0 radical (unpaired) electrons. The van der Waals surface area contributed by atoms with E-state index in [1.807, 2.05) is 30.3 Å². The summed E-state index contributed by atoms with van der Waals surface area (Å²) >= 11 is 0. The standard InChI is InChI=1S/C20H21N3O4/c1-27-18-9-14(7-8-17(18)24)11-21-22-19(25)13-23-12-16(10-20(23)26)15-5-3-2-4-6-15/h2-9,11,16,24H,10,12-13H2,1H3,(H,22,25)/b21-11-/t16-/m1/s1. The predicted molar refractivity (Wildman–Crippen MR) is 101 cm³/mol. The van der Waals surface area contributed by atoms with Crippen molar-refractivity contribution in [3.05, 3.63) is 59.7 Å². The van der Waals surface area contributed by atoms with E-state index in [1.165, 1.54) is 19.4 Å². The molecule has 7 heteroatoms. The zero-order valence-electron chi connectivity index (χ0n) is 15.0. The van der Waals surface area contributed by atoms with Crippen LogP contribution in [-0.2, 0) is 9.59 Å². The van der Waals surface area contributed by atoms with Crippen LogP contribution in [0.3, 0.4) is 0 Å². The Hall–Kier alpha value is -3.35. The summed E-state index contributed by atoms with van der Waals surface area (Å²) in [6.45, 7) is 0.494. The van der Waals surface area contributed by atoms with E-state index >= 15 is 0 Å². The molecular weight excluding hydrogens is 346 g/mol. The number of likely N-dealkylation sites (tertiary alicyclic amines) is 1. The molecule has 2 N–H and O–H groups in total. The van der Waals surface area contributed by atoms with Gasteiger partial charge in [0.1, 0.15) is 6.54 Å². The Labute approximate surface area is 157 Å². The molecule has 1 fully saturated rings. The molecule has 2 amide bonds. The number of methoxy groups -OCH3 is 1. The molecule has 1 aliphatic rings. The number of carbonyl (C=O) groups excluding carboxylic acids is 2. The van der Waals surface area contributed by atoms with Gasteiger partial charge in [-0.15, -0.1) is 0 Å². The van der Waals surface area contributed by atoms with Crippen molar-refractivity contribution in [3.8, 4) is 11.5 Å². The van der Waals surface area contributed by atoms with Gasteiger partial charge in [-0.1, -0.05) is 30.3 Å². The minimum Gasteiger partial charge on any atom is -0.504 e. The summed E-state index contributed by atoms with van der Waals surface area (Å²) in [5.74, 6) is 0.0591. The quantitative estimate of drug-likeness (QED) is 0.602. The van der Waals surface area contributed by atoms with Gasteiger partial charge in [-0.05, 0) is 29.3 Å². The lowest BCUT2D eigenvalue weighted by molar-refractivity contribution is -0.133. The van der Waals surface area contributed by atoms with Crippen molar-refractivity contribution in [2.45, 2.75) is 12.3 Å². The summed E-state index contributed by atoms with van der Waals surface area (Å²) in [4.78, 5) is 25.8. The van der Waals surface area contributed by atoms with Gasteiger partial charge in [0.25, 0.3) is 5.91 Å². The summed E-state index contributed by atoms with van der Waals surface area (Å²) in [6, 6.07) is 14.5. The third kappa shape index (κ3) is 4.63. The molecule has 1 atom stereocenters. The molecule has 1 heterocycles. The van der Waals surface area contributed by atoms with Gasteiger partial charge < -0.3 is 14.7 Å². The number of benzene rings is 2. The number of amides is 2. The molecule has 0 spiro atoms. The van der Waals surface area contributed by atoms with Gasteiger partial charge in [-0.25, -0.2) is 5.43 Å². The lowest BCUT2D eigenvalue weighted by Gasteiger charge is -2.15. The summed E-state index contributed by atoms with van der Waals surface area (Å²) in [5.41, 5.74) is 4.18. The summed E-state index contributed by atoms with van der Waals surface area (Å²) in [6.07, 6.45) is 1.85. The van der Waals surface area contributed by atoms with E-state index in [1.54, 1.807) is 17.0 Å². The molecule has 3 rings (SSSR count). The summed E-state index contributed by atoms with van der Waals surface area (Å²) in [5, 5.41) is 13.5. The molecule has 2 aromatic carbocycles. The third-order valence-electron chi connectivity index (χ3n) is 4.43. The molecule has 27 heavy (non-hydrogen) atoms. The zero-order chi connectivity index (χ0) is 19.2. The van der Waals surface area contributed by atoms with E-state index in [4.69, 9.17) is 4.74 Å². The lowest BCUT2D eigenvalue weighted by Crippen LogP contribution is -2.36. The fraction of sp³-hybridized carbons (Fsp3) is 0.250. The number of rotatable bonds is 6. The van der Waals surface area contributed by atoms with E-state index in [2.05, 4.69) is 10.5 Å². The van der Waals surface area contributed by atoms with Crippen LogP contribution in [0.25, 0.3) is 0 Å². The molecule has 0 aromatic heterocycles. The van der Waals surface area contributed by atoms with Gasteiger partial charge in [0.15, 0.2) is 11.5 Å². The van der Waals surface area contributed by atoms with Gasteiger partial charge in [-0.2, -0.15) is 5.10 Å². The van der Waals surface area contributed by atoms with Crippen LogP contribution in [0.2, 0.25) is 0 Å². The third-order valence-corrected chi connectivity index (χ3v) is 4.43. The zero-order valence-corrected chi connectivity index (χ0v) is 15.0. The van der Waals surface area contributed by atoms with Crippen molar-refractivity contribution < 1.29 is 19.4 Å². The van der Waals surface area contributed by atoms with Crippen molar-refractivity contribution in [3.63, 3.8) is 0 Å². The highest BCUT2D eigenvalue weighted by Gasteiger charge is 2.31. The lowest BCUT2D eigenvalue weighted by atomic mass is 9.99. The number of hydrogen-bond donors (Lipinski definition) is 2. The first kappa shape index (κ1) is 18.4. The summed E-state index contributed by atoms with van der Waals surface area (Å²) in [7, 11) is 1.45. The predicted octanol–water partition coefficient (Wildman–Crippen LogP) is 1.87. The van der Waals surface area contributed by atoms with Gasteiger partial charge in [0.05, 0.1) is 13.3 Å². The Kier molecular flexibility index (Phi) is 5.71. The molecule has 1 aliphatic heterocycles. The minimum atomic E-state index is -0.362. The monoisotopic (exact) mass is 367 g/mol. The van der Waals surface area contributed by atoms with Gasteiger partial charge in [-0.3, -0.25) is 9.59 Å². The largest absolute Gasteiger partial charge is 0.504 e. The molecular formula is C20H21N3O4. The number of carbonyl (C=O) groups is 2. The van der Waals surface area contributed by atoms with E-state index in [0.29, 0.717) is 24.3 Å². The first-order valence-corrected chi connectivity index (χ1v) is 8.58. The van der Waals surface area contributed by atoms with E-state index in [9.17, 15) is 14.7 Å². The van der Waals surface area contributed by atoms with Gasteiger partial charge in [0, 0.05) is 18.9 Å². The van der Waals surface area contributed by atoms with Crippen molar-refractivity contribution in [1.29, 1.82) is 0 Å². The van der Waals surface area contributed by atoms with E-state index in [0.717, 1.165) is 5.56 Å². The first-order chi connectivity index (χ1) is 13.1. The molecule has 0 bridgehead atoms. The fourth-order valence-electron chi connectivity index (χ4n) is 3.04. The molecule has 7 nitrogen and oxygen atoms in total. The van der Waals surface area contributed by atoms with Crippen LogP contribution in [0.5, 0.6) is 11.5 Å². The summed E-state index contributed by atoms with van der Waals surface area (Å²) < 4.78 is 5.02. The second kappa shape index (κ2) is 8.35. The molecule has 2 aromatic rings. The average Bonchev–Trinajstić information content (AvgIpc) is 3.04. The number of aromatic hydroxyl groups is 1. The Morgan fingerprint density at radius 3 is 2.85 bits per heavy atom. The number of ether oxygens (including phenoxy) is 1. The number of phenolic OH excluding ortho intramolecular Hbond substituents is 1. The van der Waals surface area contributed by atoms with Crippen LogP contribution >= 0.6 is 0 Å². The van der Waals surface area contributed by atoms with Crippen LogP contribution in [-0.4, -0.2) is 48.2 Å². The molecule has 1 saturated heterocycles. The highest BCUT2D eigenvalue weighted by atomic mass is 16.5. The van der Waals surface area contributed by atoms with Crippen molar-refractivity contribution in [1.82, 2.24) is 10.3 Å². The van der Waals surface area contributed by atoms with Gasteiger partial charge >= 0.3 is 0 Å². The normalized spacial score (nSPS) is 16.7. The van der Waals surface area contributed by atoms with Crippen molar-refractivity contribution in [2.24, 2.45) is 5.10 Å². The van der Waals surface area contributed by atoms with Crippen LogP contribution in [0.1, 0.15) is 23.5 Å². The van der Waals surface area contributed by atoms with E-state index < -0.39 is 0 Å². The Bertz CT molecular complexity index is 852. The Morgan fingerprint density at radius 2 is 2.11 bits per heavy atom. The maximum absolute atomic E-state index is 12.2. The topological polar surface area (TPSA) is 91.2 Å². The fourth-order valence-corrected chi connectivity index (χ4v) is 3.04. The molecule has 0 saturated carbocycles. The highest BCUT2D eigenvalue weighted by Crippen LogP contribution is 2.27. The smallest absolute Gasteiger partial charge is 0.259 e. The maximum atomic E-state index is 12.2. The number of hydrazone groups is 1. The number of nitrogens with one attached hydrogen (secondary N) is 1. The highest BCUT2D eigenvalue weighted by molar-refractivity contribution is 5.88. The maximum Gasteiger partial charge on any atom is 0.259 e. The Morgan fingerprint density at radius 1 is 1.33 bits per heavy atom. The average molecular weight is 367 g/mol. The number of nitrogens with zero attached hydrogens (tertiary/aromatic N) is 2. The number of hydrogen-bond acceptors (Lipinski definition) is 5. The first-order valence-electron chi connectivity index (χ1n) is 8.58. The van der Waals surface area contributed by atoms with Crippen LogP contribution in [0.15, 0.2) is 53.6 Å².